The van der Waals surface area contributed by atoms with Crippen molar-refractivity contribution in [2.24, 2.45) is 11.3 Å². The van der Waals surface area contributed by atoms with E-state index in [0.29, 0.717) is 19.6 Å². The van der Waals surface area contributed by atoms with Crippen LogP contribution < -0.4 is 5.32 Å². The lowest BCUT2D eigenvalue weighted by atomic mass is 9.66. The van der Waals surface area contributed by atoms with Crippen LogP contribution in [-0.2, 0) is 9.53 Å². The largest absolute Gasteiger partial charge is 0.444 e. The molecule has 0 saturated carbocycles. The summed E-state index contributed by atoms with van der Waals surface area (Å²) in [6, 6.07) is 0. The highest BCUT2D eigenvalue weighted by molar-refractivity contribution is 5.81. The minimum Gasteiger partial charge on any atom is -0.444 e. The maximum absolute atomic E-state index is 11.9. The zero-order valence-electron chi connectivity index (χ0n) is 11.6. The van der Waals surface area contributed by atoms with Gasteiger partial charge in [-0.3, -0.25) is 4.79 Å². The second-order valence-electron chi connectivity index (χ2n) is 6.46. The standard InChI is InChI=1S/C13H22N2O3/c1-9-10(16)14-6-5-13(9)7-15(8-13)11(17)18-12(2,3)4/h9H,5-8H2,1-4H3,(H,14,16). The summed E-state index contributed by atoms with van der Waals surface area (Å²) in [7, 11) is 0. The normalized spacial score (nSPS) is 26.6. The molecule has 1 spiro atoms. The summed E-state index contributed by atoms with van der Waals surface area (Å²) in [5, 5.41) is 2.86. The minimum absolute atomic E-state index is 0.0232. The molecule has 2 amide bonds. The molecule has 2 saturated heterocycles. The number of amides is 2. The van der Waals surface area contributed by atoms with E-state index >= 15 is 0 Å². The van der Waals surface area contributed by atoms with Crippen LogP contribution in [0.4, 0.5) is 4.79 Å². The maximum Gasteiger partial charge on any atom is 0.410 e. The quantitative estimate of drug-likeness (QED) is 0.710. The number of hydrogen-bond donors (Lipinski definition) is 1. The lowest BCUT2D eigenvalue weighted by Gasteiger charge is -2.54. The van der Waals surface area contributed by atoms with Crippen molar-refractivity contribution in [3.8, 4) is 0 Å². The van der Waals surface area contributed by atoms with E-state index in [1.165, 1.54) is 0 Å². The van der Waals surface area contributed by atoms with E-state index in [4.69, 9.17) is 4.74 Å². The lowest BCUT2D eigenvalue weighted by molar-refractivity contribution is -0.141. The molecule has 2 aliphatic heterocycles. The van der Waals surface area contributed by atoms with Gasteiger partial charge in [0.2, 0.25) is 5.91 Å². The van der Waals surface area contributed by atoms with Gasteiger partial charge in [0.05, 0.1) is 0 Å². The summed E-state index contributed by atoms with van der Waals surface area (Å²) in [5.41, 5.74) is -0.491. The van der Waals surface area contributed by atoms with Crippen molar-refractivity contribution in [1.82, 2.24) is 10.2 Å². The Morgan fingerprint density at radius 3 is 2.61 bits per heavy atom. The number of likely N-dealkylation sites (tertiary alicyclic amines) is 1. The minimum atomic E-state index is -0.463. The van der Waals surface area contributed by atoms with Crippen LogP contribution in [-0.4, -0.2) is 42.1 Å². The summed E-state index contributed by atoms with van der Waals surface area (Å²) in [6.07, 6.45) is 0.672. The predicted molar refractivity (Wildman–Crippen MR) is 67.0 cm³/mol. The Morgan fingerprint density at radius 2 is 2.06 bits per heavy atom. The number of nitrogens with zero attached hydrogens (tertiary/aromatic N) is 1. The highest BCUT2D eigenvalue weighted by Gasteiger charge is 2.53. The first-order valence-electron chi connectivity index (χ1n) is 6.49. The van der Waals surface area contributed by atoms with Gasteiger partial charge in [-0.15, -0.1) is 0 Å². The molecule has 18 heavy (non-hydrogen) atoms. The van der Waals surface area contributed by atoms with Crippen molar-refractivity contribution in [3.63, 3.8) is 0 Å². The number of carbonyl (C=O) groups is 2. The van der Waals surface area contributed by atoms with Crippen molar-refractivity contribution in [3.05, 3.63) is 0 Å². The molecular formula is C13H22N2O3. The van der Waals surface area contributed by atoms with Crippen molar-refractivity contribution < 1.29 is 14.3 Å². The molecule has 102 valence electrons. The van der Waals surface area contributed by atoms with Gasteiger partial charge < -0.3 is 15.0 Å². The van der Waals surface area contributed by atoms with Crippen LogP contribution in [0.25, 0.3) is 0 Å². The summed E-state index contributed by atoms with van der Waals surface area (Å²) in [6.45, 7) is 9.50. The van der Waals surface area contributed by atoms with Gasteiger partial charge in [-0.05, 0) is 27.2 Å². The summed E-state index contributed by atoms with van der Waals surface area (Å²) < 4.78 is 5.32. The van der Waals surface area contributed by atoms with Gasteiger partial charge >= 0.3 is 6.09 Å². The molecule has 2 rings (SSSR count). The summed E-state index contributed by atoms with van der Waals surface area (Å²) >= 11 is 0. The van der Waals surface area contributed by atoms with Crippen LogP contribution in [0.15, 0.2) is 0 Å². The fourth-order valence-corrected chi connectivity index (χ4v) is 2.68. The van der Waals surface area contributed by atoms with E-state index in [9.17, 15) is 9.59 Å². The first kappa shape index (κ1) is 13.2. The van der Waals surface area contributed by atoms with E-state index < -0.39 is 5.60 Å². The third kappa shape index (κ3) is 2.31. The van der Waals surface area contributed by atoms with Crippen molar-refractivity contribution in [2.45, 2.75) is 39.7 Å². The Labute approximate surface area is 108 Å². The highest BCUT2D eigenvalue weighted by Crippen LogP contribution is 2.43. The molecule has 2 aliphatic rings. The molecule has 2 fully saturated rings. The zero-order valence-corrected chi connectivity index (χ0v) is 11.6. The first-order valence-corrected chi connectivity index (χ1v) is 6.49. The average Bonchev–Trinajstić information content (AvgIpc) is 2.16. The maximum atomic E-state index is 11.9. The van der Waals surface area contributed by atoms with Gasteiger partial charge in [0, 0.05) is 31.0 Å². The van der Waals surface area contributed by atoms with E-state index in [-0.39, 0.29) is 23.3 Å². The van der Waals surface area contributed by atoms with Crippen molar-refractivity contribution in [2.75, 3.05) is 19.6 Å². The van der Waals surface area contributed by atoms with Crippen molar-refractivity contribution >= 4 is 12.0 Å². The van der Waals surface area contributed by atoms with Crippen LogP contribution in [0.1, 0.15) is 34.1 Å². The average molecular weight is 254 g/mol. The number of carbonyl (C=O) groups excluding carboxylic acids is 2. The second-order valence-corrected chi connectivity index (χ2v) is 6.46. The smallest absolute Gasteiger partial charge is 0.410 e. The molecule has 0 aliphatic carbocycles. The van der Waals surface area contributed by atoms with Gasteiger partial charge in [-0.2, -0.15) is 0 Å². The van der Waals surface area contributed by atoms with Gasteiger partial charge in [0.25, 0.3) is 0 Å². The third-order valence-electron chi connectivity index (χ3n) is 3.90. The summed E-state index contributed by atoms with van der Waals surface area (Å²) in [5.74, 6) is 0.0787. The fraction of sp³-hybridized carbons (Fsp3) is 0.846. The molecule has 0 radical (unpaired) electrons. The lowest BCUT2D eigenvalue weighted by Crippen LogP contribution is -2.66. The topological polar surface area (TPSA) is 58.6 Å². The Bertz CT molecular complexity index is 367. The van der Waals surface area contributed by atoms with E-state index in [1.54, 1.807) is 4.90 Å². The van der Waals surface area contributed by atoms with E-state index in [2.05, 4.69) is 5.32 Å². The Kier molecular flexibility index (Phi) is 3.03. The SMILES string of the molecule is CC1C(=O)NCCC12CN(C(=O)OC(C)(C)C)C2. The predicted octanol–water partition coefficient (Wildman–Crippen LogP) is 1.38. The number of rotatable bonds is 0. The number of nitrogens with one attached hydrogen (secondary N) is 1. The molecule has 1 unspecified atom stereocenters. The van der Waals surface area contributed by atoms with Crippen LogP contribution in [0.3, 0.4) is 0 Å². The number of hydrogen-bond acceptors (Lipinski definition) is 3. The first-order chi connectivity index (χ1) is 8.23. The van der Waals surface area contributed by atoms with Gasteiger partial charge in [-0.25, -0.2) is 4.79 Å². The third-order valence-corrected chi connectivity index (χ3v) is 3.90. The van der Waals surface area contributed by atoms with Crippen LogP contribution in [0.5, 0.6) is 0 Å². The fourth-order valence-electron chi connectivity index (χ4n) is 2.68. The van der Waals surface area contributed by atoms with Crippen molar-refractivity contribution in [1.29, 1.82) is 0 Å². The molecule has 0 aromatic rings. The Balaban J connectivity index is 1.93. The van der Waals surface area contributed by atoms with E-state index in [1.807, 2.05) is 27.7 Å². The van der Waals surface area contributed by atoms with Gasteiger partial charge in [-0.1, -0.05) is 6.92 Å². The Hall–Kier alpha value is -1.26. The molecule has 2 heterocycles. The van der Waals surface area contributed by atoms with Gasteiger partial charge in [0.15, 0.2) is 0 Å². The number of ether oxygens (including phenoxy) is 1. The molecule has 1 atom stereocenters. The molecule has 5 heteroatoms. The monoisotopic (exact) mass is 254 g/mol. The Morgan fingerprint density at radius 1 is 1.44 bits per heavy atom. The highest BCUT2D eigenvalue weighted by atomic mass is 16.6. The second kappa shape index (κ2) is 4.14. The molecule has 0 aromatic carbocycles. The van der Waals surface area contributed by atoms with Crippen LogP contribution >= 0.6 is 0 Å². The van der Waals surface area contributed by atoms with Crippen LogP contribution in [0, 0.1) is 11.3 Å². The van der Waals surface area contributed by atoms with Crippen LogP contribution in [0.2, 0.25) is 0 Å². The zero-order chi connectivity index (χ0) is 13.6. The number of piperidine rings is 1. The molecule has 1 N–H and O–H groups in total. The summed E-state index contributed by atoms with van der Waals surface area (Å²) in [4.78, 5) is 25.2. The van der Waals surface area contributed by atoms with Gasteiger partial charge in [0.1, 0.15) is 5.60 Å². The molecule has 0 bridgehead atoms. The van der Waals surface area contributed by atoms with E-state index in [0.717, 1.165) is 6.42 Å². The molecule has 0 aromatic heterocycles. The molecular weight excluding hydrogens is 232 g/mol. The molecule has 5 nitrogen and oxygen atoms in total.